The Morgan fingerprint density at radius 2 is 1.84 bits per heavy atom. The number of aryl methyl sites for hydroxylation is 3. The average molecular weight is 495 g/mol. The number of esters is 1. The Bertz CT molecular complexity index is 1620. The number of nitriles is 1. The zero-order valence-corrected chi connectivity index (χ0v) is 21.0. The average Bonchev–Trinajstić information content (AvgIpc) is 3.23. The summed E-state index contributed by atoms with van der Waals surface area (Å²) in [6, 6.07) is 18.7. The number of ether oxygens (including phenoxy) is 3. The number of benzene rings is 3. The number of carbonyl (C=O) groups excluding carboxylic acids is 1. The molecule has 7 heteroatoms. The molecule has 3 aromatic carbocycles. The van der Waals surface area contributed by atoms with Crippen LogP contribution in [0.4, 0.5) is 0 Å². The van der Waals surface area contributed by atoms with Gasteiger partial charge in [-0.2, -0.15) is 5.26 Å². The van der Waals surface area contributed by atoms with Gasteiger partial charge in [0.15, 0.2) is 0 Å². The lowest BCUT2D eigenvalue weighted by Crippen LogP contribution is -2.21. The van der Waals surface area contributed by atoms with Gasteiger partial charge in [-0.15, -0.1) is 0 Å². The lowest BCUT2D eigenvalue weighted by atomic mass is 9.83. The van der Waals surface area contributed by atoms with Crippen LogP contribution in [-0.2, 0) is 0 Å². The molecular weight excluding hydrogens is 468 g/mol. The first-order valence-electron chi connectivity index (χ1n) is 12.0. The zero-order chi connectivity index (χ0) is 26.3. The summed E-state index contributed by atoms with van der Waals surface area (Å²) in [6.45, 7) is 8.17. The largest absolute Gasteiger partial charge is 0.494 e. The molecule has 0 bridgehead atoms. The molecule has 186 valence electrons. The van der Waals surface area contributed by atoms with Crippen molar-refractivity contribution in [1.29, 1.82) is 5.26 Å². The summed E-state index contributed by atoms with van der Waals surface area (Å²) in [5, 5.41) is 10.7. The topological polar surface area (TPSA) is 108 Å². The van der Waals surface area contributed by atoms with Gasteiger partial charge in [0, 0.05) is 28.1 Å². The predicted molar refractivity (Wildman–Crippen MR) is 139 cm³/mol. The number of nitrogens with two attached hydrogens (primary N) is 1. The third-order valence-electron chi connectivity index (χ3n) is 6.74. The van der Waals surface area contributed by atoms with E-state index in [0.717, 1.165) is 27.6 Å². The van der Waals surface area contributed by atoms with Crippen molar-refractivity contribution in [1.82, 2.24) is 0 Å². The first-order valence-corrected chi connectivity index (χ1v) is 12.0. The van der Waals surface area contributed by atoms with Crippen LogP contribution in [0.15, 0.2) is 70.5 Å². The molecule has 0 amide bonds. The number of furan rings is 1. The van der Waals surface area contributed by atoms with Crippen LogP contribution in [0.1, 0.15) is 51.2 Å². The number of rotatable bonds is 5. The molecule has 1 aromatic heterocycles. The van der Waals surface area contributed by atoms with Crippen molar-refractivity contribution in [2.75, 3.05) is 6.61 Å². The van der Waals surface area contributed by atoms with E-state index >= 15 is 0 Å². The van der Waals surface area contributed by atoms with Crippen LogP contribution in [0, 0.1) is 32.1 Å². The minimum Gasteiger partial charge on any atom is -0.494 e. The van der Waals surface area contributed by atoms with Crippen molar-refractivity contribution in [2.45, 2.75) is 33.6 Å². The highest BCUT2D eigenvalue weighted by Gasteiger charge is 2.33. The summed E-state index contributed by atoms with van der Waals surface area (Å²) in [4.78, 5) is 13.1. The molecule has 0 saturated heterocycles. The van der Waals surface area contributed by atoms with E-state index in [2.05, 4.69) is 6.07 Å². The smallest absolute Gasteiger partial charge is 0.379 e. The van der Waals surface area contributed by atoms with Crippen LogP contribution in [0.25, 0.3) is 11.0 Å². The Hall–Kier alpha value is -4.70. The molecule has 1 atom stereocenters. The summed E-state index contributed by atoms with van der Waals surface area (Å²) in [5.74, 6) is 0.356. The lowest BCUT2D eigenvalue weighted by molar-refractivity contribution is 0.0702. The van der Waals surface area contributed by atoms with Crippen molar-refractivity contribution in [2.24, 2.45) is 5.73 Å². The number of nitrogens with zero attached hydrogens (tertiary/aromatic N) is 1. The first kappa shape index (κ1) is 24.0. The second-order valence-electron chi connectivity index (χ2n) is 8.93. The van der Waals surface area contributed by atoms with Gasteiger partial charge in [-0.1, -0.05) is 36.4 Å². The number of fused-ring (bicyclic) bond motifs is 2. The molecule has 1 aliphatic rings. The van der Waals surface area contributed by atoms with E-state index in [9.17, 15) is 10.1 Å². The maximum atomic E-state index is 13.1. The van der Waals surface area contributed by atoms with Gasteiger partial charge in [-0.25, -0.2) is 4.79 Å². The molecule has 2 heterocycles. The summed E-state index contributed by atoms with van der Waals surface area (Å²) < 4.78 is 23.2. The number of hydrogen-bond donors (Lipinski definition) is 1. The maximum Gasteiger partial charge on any atom is 0.379 e. The monoisotopic (exact) mass is 494 g/mol. The Kier molecular flexibility index (Phi) is 6.10. The Morgan fingerprint density at radius 1 is 1.05 bits per heavy atom. The van der Waals surface area contributed by atoms with Crippen LogP contribution in [-0.4, -0.2) is 12.6 Å². The van der Waals surface area contributed by atoms with Crippen molar-refractivity contribution in [3.63, 3.8) is 0 Å². The Labute approximate surface area is 214 Å². The molecular formula is C30H26N2O5. The third-order valence-corrected chi connectivity index (χ3v) is 6.74. The van der Waals surface area contributed by atoms with Gasteiger partial charge in [-0.3, -0.25) is 0 Å². The maximum absolute atomic E-state index is 13.1. The number of hydrogen-bond acceptors (Lipinski definition) is 7. The van der Waals surface area contributed by atoms with Crippen LogP contribution in [0.3, 0.4) is 0 Å². The molecule has 0 saturated carbocycles. The third kappa shape index (κ3) is 4.07. The molecule has 0 aliphatic carbocycles. The van der Waals surface area contributed by atoms with Crippen molar-refractivity contribution < 1.29 is 23.4 Å². The van der Waals surface area contributed by atoms with Crippen LogP contribution < -0.4 is 19.9 Å². The normalized spacial score (nSPS) is 14.6. The molecule has 37 heavy (non-hydrogen) atoms. The van der Waals surface area contributed by atoms with Crippen LogP contribution in [0.5, 0.6) is 17.2 Å². The lowest BCUT2D eigenvalue weighted by Gasteiger charge is -2.27. The highest BCUT2D eigenvalue weighted by atomic mass is 16.5. The fraction of sp³-hybridized carbons (Fsp3) is 0.200. The van der Waals surface area contributed by atoms with E-state index in [-0.39, 0.29) is 23.0 Å². The highest BCUT2D eigenvalue weighted by molar-refractivity contribution is 5.98. The second kappa shape index (κ2) is 9.40. The molecule has 4 aromatic rings. The summed E-state index contributed by atoms with van der Waals surface area (Å²) in [5.41, 5.74) is 11.4. The van der Waals surface area contributed by atoms with E-state index in [4.69, 9.17) is 24.4 Å². The van der Waals surface area contributed by atoms with Crippen molar-refractivity contribution in [3.05, 3.63) is 99.6 Å². The molecule has 2 N–H and O–H groups in total. The van der Waals surface area contributed by atoms with Gasteiger partial charge < -0.3 is 24.4 Å². The van der Waals surface area contributed by atoms with Gasteiger partial charge in [-0.05, 0) is 51.0 Å². The molecule has 1 aliphatic heterocycles. The number of para-hydroxylation sites is 1. The van der Waals surface area contributed by atoms with Gasteiger partial charge in [0.05, 0.1) is 12.5 Å². The van der Waals surface area contributed by atoms with E-state index in [1.54, 1.807) is 18.2 Å². The molecule has 1 unspecified atom stereocenters. The number of allylic oxidation sites excluding steroid dienone is 1. The van der Waals surface area contributed by atoms with Crippen LogP contribution >= 0.6 is 0 Å². The minimum atomic E-state index is -0.610. The van der Waals surface area contributed by atoms with E-state index in [0.29, 0.717) is 29.3 Å². The second-order valence-corrected chi connectivity index (χ2v) is 8.93. The van der Waals surface area contributed by atoms with Crippen LogP contribution in [0.2, 0.25) is 0 Å². The highest BCUT2D eigenvalue weighted by Crippen LogP contribution is 2.46. The van der Waals surface area contributed by atoms with E-state index in [1.807, 2.05) is 64.1 Å². The summed E-state index contributed by atoms with van der Waals surface area (Å²) >= 11 is 0. The molecule has 0 spiro atoms. The van der Waals surface area contributed by atoms with Crippen molar-refractivity contribution in [3.8, 4) is 23.3 Å². The van der Waals surface area contributed by atoms with E-state index < -0.39 is 11.9 Å². The Balaban J connectivity index is 1.51. The molecule has 5 rings (SSSR count). The predicted octanol–water partition coefficient (Wildman–Crippen LogP) is 6.19. The van der Waals surface area contributed by atoms with Gasteiger partial charge in [0.2, 0.25) is 11.6 Å². The fourth-order valence-corrected chi connectivity index (χ4v) is 4.69. The van der Waals surface area contributed by atoms with Crippen molar-refractivity contribution >= 4 is 16.9 Å². The molecule has 0 radical (unpaired) electrons. The van der Waals surface area contributed by atoms with Gasteiger partial charge in [0.1, 0.15) is 34.5 Å². The SMILES string of the molecule is CCOc1ccccc1C1C(C#N)=C(N)Oc2cc(OC(=O)c3oc4c(C)c(C)ccc4c3C)ccc21. The summed E-state index contributed by atoms with van der Waals surface area (Å²) in [6.07, 6.45) is 0. The standard InChI is InChI=1S/C30H26N2O5/c1-5-34-24-9-7-6-8-21(24)26-22-13-11-19(14-25(22)36-29(32)23(26)15-31)35-30(33)28-18(4)20-12-10-16(2)17(3)27(20)37-28/h6-14,26H,5,32H2,1-4H3. The fourth-order valence-electron chi connectivity index (χ4n) is 4.69. The molecule has 0 fully saturated rings. The quantitative estimate of drug-likeness (QED) is 0.260. The first-order chi connectivity index (χ1) is 17.8. The van der Waals surface area contributed by atoms with Gasteiger partial charge >= 0.3 is 5.97 Å². The number of carbonyl (C=O) groups is 1. The van der Waals surface area contributed by atoms with E-state index in [1.165, 1.54) is 0 Å². The summed E-state index contributed by atoms with van der Waals surface area (Å²) in [7, 11) is 0. The Morgan fingerprint density at radius 3 is 2.59 bits per heavy atom. The minimum absolute atomic E-state index is 0.00579. The van der Waals surface area contributed by atoms with Gasteiger partial charge in [0.25, 0.3) is 0 Å². The zero-order valence-electron chi connectivity index (χ0n) is 21.0. The molecule has 7 nitrogen and oxygen atoms in total.